The first-order valence-corrected chi connectivity index (χ1v) is 7.57. The third-order valence-electron chi connectivity index (χ3n) is 3.51. The second kappa shape index (κ2) is 6.58. The van der Waals surface area contributed by atoms with Gasteiger partial charge in [-0.2, -0.15) is 4.98 Å². The standard InChI is InChI=1S/C19H19N3O/c1-13(20)16-10-6-7-11-18(16)23-19-12-17(21-14(2)22-19)15-8-4-3-5-9-15/h3-13H,20H2,1-2H3. The smallest absolute Gasteiger partial charge is 0.223 e. The van der Waals surface area contributed by atoms with Gasteiger partial charge >= 0.3 is 0 Å². The molecule has 1 aromatic heterocycles. The van der Waals surface area contributed by atoms with E-state index in [-0.39, 0.29) is 6.04 Å². The van der Waals surface area contributed by atoms with Gasteiger partial charge in [0.05, 0.1) is 5.69 Å². The van der Waals surface area contributed by atoms with Gasteiger partial charge in [0.25, 0.3) is 0 Å². The number of hydrogen-bond acceptors (Lipinski definition) is 4. The van der Waals surface area contributed by atoms with Crippen LogP contribution in [0.1, 0.15) is 24.4 Å². The van der Waals surface area contributed by atoms with E-state index in [0.29, 0.717) is 11.7 Å². The van der Waals surface area contributed by atoms with E-state index in [1.54, 1.807) is 0 Å². The molecule has 0 aliphatic rings. The van der Waals surface area contributed by atoms with Gasteiger partial charge in [0.15, 0.2) is 0 Å². The second-order valence-electron chi connectivity index (χ2n) is 5.43. The lowest BCUT2D eigenvalue weighted by Gasteiger charge is -2.13. The predicted molar refractivity (Wildman–Crippen MR) is 91.3 cm³/mol. The van der Waals surface area contributed by atoms with Crippen molar-refractivity contribution in [3.8, 4) is 22.9 Å². The minimum atomic E-state index is -0.109. The Hall–Kier alpha value is -2.72. The van der Waals surface area contributed by atoms with Crippen molar-refractivity contribution in [2.75, 3.05) is 0 Å². The number of benzene rings is 2. The number of aryl methyl sites for hydroxylation is 1. The first-order valence-electron chi connectivity index (χ1n) is 7.57. The Bertz CT molecular complexity index is 801. The largest absolute Gasteiger partial charge is 0.439 e. The predicted octanol–water partition coefficient (Wildman–Crippen LogP) is 4.26. The molecule has 0 saturated heterocycles. The van der Waals surface area contributed by atoms with E-state index in [9.17, 15) is 0 Å². The SMILES string of the molecule is Cc1nc(Oc2ccccc2C(C)N)cc(-c2ccccc2)n1. The summed E-state index contributed by atoms with van der Waals surface area (Å²) < 4.78 is 5.98. The fraction of sp³-hybridized carbons (Fsp3) is 0.158. The molecule has 2 N–H and O–H groups in total. The van der Waals surface area contributed by atoms with E-state index in [4.69, 9.17) is 10.5 Å². The highest BCUT2D eigenvalue weighted by Crippen LogP contribution is 2.29. The molecule has 4 heteroatoms. The van der Waals surface area contributed by atoms with Crippen LogP contribution in [-0.4, -0.2) is 9.97 Å². The molecule has 0 amide bonds. The van der Waals surface area contributed by atoms with Crippen LogP contribution in [0.4, 0.5) is 0 Å². The average molecular weight is 305 g/mol. The average Bonchev–Trinajstić information content (AvgIpc) is 2.55. The monoisotopic (exact) mass is 305 g/mol. The molecule has 23 heavy (non-hydrogen) atoms. The zero-order chi connectivity index (χ0) is 16.2. The maximum absolute atomic E-state index is 6.01. The quantitative estimate of drug-likeness (QED) is 0.782. The lowest BCUT2D eigenvalue weighted by atomic mass is 10.1. The zero-order valence-electron chi connectivity index (χ0n) is 13.2. The van der Waals surface area contributed by atoms with Crippen LogP contribution < -0.4 is 10.5 Å². The van der Waals surface area contributed by atoms with Gasteiger partial charge in [-0.1, -0.05) is 48.5 Å². The topological polar surface area (TPSA) is 61.0 Å². The summed E-state index contributed by atoms with van der Waals surface area (Å²) in [6, 6.07) is 19.5. The van der Waals surface area contributed by atoms with Crippen LogP contribution in [0.15, 0.2) is 60.7 Å². The van der Waals surface area contributed by atoms with Crippen LogP contribution >= 0.6 is 0 Å². The Kier molecular flexibility index (Phi) is 4.35. The lowest BCUT2D eigenvalue weighted by molar-refractivity contribution is 0.451. The summed E-state index contributed by atoms with van der Waals surface area (Å²) in [5, 5.41) is 0. The van der Waals surface area contributed by atoms with E-state index in [2.05, 4.69) is 9.97 Å². The summed E-state index contributed by atoms with van der Waals surface area (Å²) in [5.74, 6) is 1.91. The van der Waals surface area contributed by atoms with Gasteiger partial charge in [-0.3, -0.25) is 0 Å². The highest BCUT2D eigenvalue weighted by molar-refractivity contribution is 5.60. The summed E-state index contributed by atoms with van der Waals surface area (Å²) in [5.41, 5.74) is 8.83. The number of hydrogen-bond donors (Lipinski definition) is 1. The van der Waals surface area contributed by atoms with Crippen molar-refractivity contribution in [1.29, 1.82) is 0 Å². The fourth-order valence-electron chi connectivity index (χ4n) is 2.41. The summed E-state index contributed by atoms with van der Waals surface area (Å²) in [7, 11) is 0. The summed E-state index contributed by atoms with van der Waals surface area (Å²) >= 11 is 0. The molecule has 2 aromatic carbocycles. The Morgan fingerprint density at radius 3 is 2.39 bits per heavy atom. The molecule has 0 aliphatic heterocycles. The van der Waals surface area contributed by atoms with Crippen LogP contribution in [0, 0.1) is 6.92 Å². The minimum Gasteiger partial charge on any atom is -0.439 e. The first-order chi connectivity index (χ1) is 11.1. The Balaban J connectivity index is 1.97. The molecule has 1 unspecified atom stereocenters. The summed E-state index contributed by atoms with van der Waals surface area (Å²) in [6.07, 6.45) is 0. The number of rotatable bonds is 4. The maximum Gasteiger partial charge on any atom is 0.223 e. The van der Waals surface area contributed by atoms with Crippen molar-refractivity contribution in [2.45, 2.75) is 19.9 Å². The third-order valence-corrected chi connectivity index (χ3v) is 3.51. The van der Waals surface area contributed by atoms with Crippen molar-refractivity contribution < 1.29 is 4.74 Å². The molecule has 1 heterocycles. The van der Waals surface area contributed by atoms with E-state index in [1.807, 2.05) is 74.5 Å². The molecular formula is C19H19N3O. The number of ether oxygens (including phenoxy) is 1. The summed E-state index contributed by atoms with van der Waals surface area (Å²) in [4.78, 5) is 8.87. The van der Waals surface area contributed by atoms with Crippen LogP contribution in [0.2, 0.25) is 0 Å². The third kappa shape index (κ3) is 3.55. The molecule has 116 valence electrons. The van der Waals surface area contributed by atoms with E-state index >= 15 is 0 Å². The van der Waals surface area contributed by atoms with Gasteiger partial charge in [-0.25, -0.2) is 4.98 Å². The van der Waals surface area contributed by atoms with Crippen molar-refractivity contribution in [2.24, 2.45) is 5.73 Å². The van der Waals surface area contributed by atoms with E-state index < -0.39 is 0 Å². The van der Waals surface area contributed by atoms with Crippen molar-refractivity contribution >= 4 is 0 Å². The van der Waals surface area contributed by atoms with Crippen molar-refractivity contribution in [1.82, 2.24) is 9.97 Å². The molecule has 0 saturated carbocycles. The van der Waals surface area contributed by atoms with E-state index in [0.717, 1.165) is 22.6 Å². The van der Waals surface area contributed by atoms with Crippen LogP contribution in [0.3, 0.4) is 0 Å². The van der Waals surface area contributed by atoms with Crippen LogP contribution in [-0.2, 0) is 0 Å². The van der Waals surface area contributed by atoms with Crippen molar-refractivity contribution in [3.63, 3.8) is 0 Å². The Morgan fingerprint density at radius 1 is 0.957 bits per heavy atom. The van der Waals surface area contributed by atoms with Crippen LogP contribution in [0.5, 0.6) is 11.6 Å². The molecule has 3 rings (SSSR count). The highest BCUT2D eigenvalue weighted by Gasteiger charge is 2.11. The molecule has 0 spiro atoms. The van der Waals surface area contributed by atoms with Gasteiger partial charge in [0, 0.05) is 23.2 Å². The van der Waals surface area contributed by atoms with Crippen LogP contribution in [0.25, 0.3) is 11.3 Å². The zero-order valence-corrected chi connectivity index (χ0v) is 13.2. The number of nitrogens with zero attached hydrogens (tertiary/aromatic N) is 2. The summed E-state index contributed by atoms with van der Waals surface area (Å²) in [6.45, 7) is 3.79. The molecule has 0 fully saturated rings. The van der Waals surface area contributed by atoms with Gasteiger partial charge < -0.3 is 10.5 Å². The van der Waals surface area contributed by atoms with E-state index in [1.165, 1.54) is 0 Å². The number of aromatic nitrogens is 2. The molecule has 0 radical (unpaired) electrons. The minimum absolute atomic E-state index is 0.109. The maximum atomic E-state index is 6.01. The van der Waals surface area contributed by atoms with Gasteiger partial charge in [-0.15, -0.1) is 0 Å². The Morgan fingerprint density at radius 2 is 1.65 bits per heavy atom. The molecule has 3 aromatic rings. The number of para-hydroxylation sites is 1. The van der Waals surface area contributed by atoms with Gasteiger partial charge in [0.2, 0.25) is 5.88 Å². The Labute approximate surface area is 136 Å². The number of nitrogens with two attached hydrogens (primary N) is 1. The molecule has 0 bridgehead atoms. The van der Waals surface area contributed by atoms with Gasteiger partial charge in [-0.05, 0) is 19.9 Å². The first kappa shape index (κ1) is 15.2. The van der Waals surface area contributed by atoms with Gasteiger partial charge in [0.1, 0.15) is 11.6 Å². The lowest BCUT2D eigenvalue weighted by Crippen LogP contribution is -2.07. The molecule has 4 nitrogen and oxygen atoms in total. The molecular weight excluding hydrogens is 286 g/mol. The second-order valence-corrected chi connectivity index (χ2v) is 5.43. The molecule has 1 atom stereocenters. The molecule has 0 aliphatic carbocycles. The normalized spacial score (nSPS) is 12.0. The fourth-order valence-corrected chi connectivity index (χ4v) is 2.41. The highest BCUT2D eigenvalue weighted by atomic mass is 16.5. The van der Waals surface area contributed by atoms with Crippen molar-refractivity contribution in [3.05, 3.63) is 72.1 Å².